The Morgan fingerprint density at radius 1 is 1.54 bits per heavy atom. The highest BCUT2D eigenvalue weighted by atomic mass is 16.5. The molecule has 0 heterocycles. The van der Waals surface area contributed by atoms with Gasteiger partial charge in [0.05, 0.1) is 6.61 Å². The van der Waals surface area contributed by atoms with Crippen molar-refractivity contribution in [2.45, 2.75) is 39.5 Å². The molecule has 0 aliphatic rings. The van der Waals surface area contributed by atoms with Crippen LogP contribution < -0.4 is 0 Å². The Bertz CT molecular complexity index is 154. The Balaban J connectivity index is 3.37. The van der Waals surface area contributed by atoms with Gasteiger partial charge in [0.1, 0.15) is 6.29 Å². The summed E-state index contributed by atoms with van der Waals surface area (Å²) in [7, 11) is 0. The molecule has 0 aromatic carbocycles. The summed E-state index contributed by atoms with van der Waals surface area (Å²) < 4.78 is 4.79. The first-order valence-electron chi connectivity index (χ1n) is 4.77. The van der Waals surface area contributed by atoms with Crippen LogP contribution in [0.25, 0.3) is 0 Å². The van der Waals surface area contributed by atoms with Crippen molar-refractivity contribution >= 4 is 12.3 Å². The first-order valence-corrected chi connectivity index (χ1v) is 4.77. The number of rotatable bonds is 7. The van der Waals surface area contributed by atoms with Crippen molar-refractivity contribution in [2.24, 2.45) is 5.92 Å². The van der Waals surface area contributed by atoms with E-state index < -0.39 is 0 Å². The summed E-state index contributed by atoms with van der Waals surface area (Å²) in [5.74, 6) is 0.219. The Morgan fingerprint density at radius 2 is 2.23 bits per heavy atom. The average Bonchev–Trinajstić information content (AvgIpc) is 2.10. The lowest BCUT2D eigenvalue weighted by Crippen LogP contribution is -2.05. The van der Waals surface area contributed by atoms with Crippen LogP contribution in [0.5, 0.6) is 0 Å². The van der Waals surface area contributed by atoms with Gasteiger partial charge in [-0.3, -0.25) is 4.79 Å². The van der Waals surface area contributed by atoms with Gasteiger partial charge in [0.25, 0.3) is 0 Å². The van der Waals surface area contributed by atoms with E-state index in [-0.39, 0.29) is 5.97 Å². The molecule has 0 bridgehead atoms. The van der Waals surface area contributed by atoms with Gasteiger partial charge in [-0.1, -0.05) is 13.3 Å². The summed E-state index contributed by atoms with van der Waals surface area (Å²) >= 11 is 0. The van der Waals surface area contributed by atoms with Gasteiger partial charge in [-0.05, 0) is 18.8 Å². The minimum absolute atomic E-state index is 0.233. The van der Waals surface area contributed by atoms with Gasteiger partial charge in [-0.25, -0.2) is 0 Å². The quantitative estimate of drug-likeness (QED) is 0.347. The number of hydrogen-bond acceptors (Lipinski definition) is 3. The van der Waals surface area contributed by atoms with Crippen LogP contribution in [-0.2, 0) is 14.3 Å². The minimum atomic E-state index is -0.233. The van der Waals surface area contributed by atoms with Crippen LogP contribution in [0, 0.1) is 5.92 Å². The highest BCUT2D eigenvalue weighted by Gasteiger charge is 2.05. The van der Waals surface area contributed by atoms with Crippen LogP contribution in [-0.4, -0.2) is 18.9 Å². The van der Waals surface area contributed by atoms with E-state index in [4.69, 9.17) is 4.74 Å². The van der Waals surface area contributed by atoms with Crippen molar-refractivity contribution in [1.29, 1.82) is 0 Å². The lowest BCUT2D eigenvalue weighted by atomic mass is 9.98. The van der Waals surface area contributed by atoms with Crippen molar-refractivity contribution in [3.63, 3.8) is 0 Å². The third-order valence-corrected chi connectivity index (χ3v) is 2.07. The molecule has 0 rings (SSSR count). The third kappa shape index (κ3) is 7.50. The van der Waals surface area contributed by atoms with Gasteiger partial charge in [-0.15, -0.1) is 0 Å². The highest BCUT2D eigenvalue weighted by Crippen LogP contribution is 2.13. The molecule has 0 saturated heterocycles. The van der Waals surface area contributed by atoms with Gasteiger partial charge < -0.3 is 9.53 Å². The van der Waals surface area contributed by atoms with Crippen molar-refractivity contribution < 1.29 is 14.3 Å². The molecular weight excluding hydrogens is 168 g/mol. The SMILES string of the molecule is CCC(CC=O)CCCOC(C)=O. The van der Waals surface area contributed by atoms with Gasteiger partial charge >= 0.3 is 5.97 Å². The number of ether oxygens (including phenoxy) is 1. The Kier molecular flexibility index (Phi) is 7.26. The second-order valence-corrected chi connectivity index (χ2v) is 3.16. The summed E-state index contributed by atoms with van der Waals surface area (Å²) in [5, 5.41) is 0. The van der Waals surface area contributed by atoms with E-state index >= 15 is 0 Å². The number of carbonyl (C=O) groups is 2. The van der Waals surface area contributed by atoms with Crippen LogP contribution in [0.2, 0.25) is 0 Å². The standard InChI is InChI=1S/C10H18O3/c1-3-10(6-7-11)5-4-8-13-9(2)12/h7,10H,3-6,8H2,1-2H3. The van der Waals surface area contributed by atoms with E-state index in [1.807, 2.05) is 0 Å². The molecule has 3 nitrogen and oxygen atoms in total. The molecule has 0 radical (unpaired) electrons. The van der Waals surface area contributed by atoms with Crippen molar-refractivity contribution in [1.82, 2.24) is 0 Å². The fourth-order valence-corrected chi connectivity index (χ4v) is 1.21. The first-order chi connectivity index (χ1) is 6.20. The summed E-state index contributed by atoms with van der Waals surface area (Å²) in [5.41, 5.74) is 0. The van der Waals surface area contributed by atoms with Crippen molar-refractivity contribution in [3.05, 3.63) is 0 Å². The van der Waals surface area contributed by atoms with E-state index in [2.05, 4.69) is 6.92 Å². The van der Waals surface area contributed by atoms with E-state index in [1.54, 1.807) is 0 Å². The molecule has 0 saturated carbocycles. The smallest absolute Gasteiger partial charge is 0.302 e. The molecule has 76 valence electrons. The van der Waals surface area contributed by atoms with Gasteiger partial charge in [-0.2, -0.15) is 0 Å². The Hall–Kier alpha value is -0.860. The molecule has 3 heteroatoms. The maximum absolute atomic E-state index is 10.4. The molecule has 0 amide bonds. The predicted molar refractivity (Wildman–Crippen MR) is 50.3 cm³/mol. The molecule has 0 fully saturated rings. The number of esters is 1. The van der Waals surface area contributed by atoms with Crippen LogP contribution in [0.1, 0.15) is 39.5 Å². The maximum Gasteiger partial charge on any atom is 0.302 e. The normalized spacial score (nSPS) is 12.2. The van der Waals surface area contributed by atoms with Crippen LogP contribution in [0.15, 0.2) is 0 Å². The van der Waals surface area contributed by atoms with Crippen LogP contribution in [0.3, 0.4) is 0 Å². The fraction of sp³-hybridized carbons (Fsp3) is 0.800. The molecule has 1 atom stereocenters. The topological polar surface area (TPSA) is 43.4 Å². The zero-order valence-electron chi connectivity index (χ0n) is 8.41. The minimum Gasteiger partial charge on any atom is -0.466 e. The monoisotopic (exact) mass is 186 g/mol. The Morgan fingerprint density at radius 3 is 2.69 bits per heavy atom. The van der Waals surface area contributed by atoms with Gasteiger partial charge in [0.15, 0.2) is 0 Å². The zero-order valence-corrected chi connectivity index (χ0v) is 8.41. The molecule has 13 heavy (non-hydrogen) atoms. The summed E-state index contributed by atoms with van der Waals surface area (Å²) in [6.07, 6.45) is 4.41. The van der Waals surface area contributed by atoms with Crippen molar-refractivity contribution in [3.8, 4) is 0 Å². The second-order valence-electron chi connectivity index (χ2n) is 3.16. The van der Waals surface area contributed by atoms with Crippen LogP contribution in [0.4, 0.5) is 0 Å². The van der Waals surface area contributed by atoms with E-state index in [1.165, 1.54) is 6.92 Å². The fourth-order valence-electron chi connectivity index (χ4n) is 1.21. The molecule has 1 unspecified atom stereocenters. The number of carbonyl (C=O) groups excluding carboxylic acids is 2. The van der Waals surface area contributed by atoms with Gasteiger partial charge in [0, 0.05) is 13.3 Å². The van der Waals surface area contributed by atoms with Gasteiger partial charge in [0.2, 0.25) is 0 Å². The molecule has 0 aliphatic carbocycles. The maximum atomic E-state index is 10.4. The number of aldehydes is 1. The highest BCUT2D eigenvalue weighted by molar-refractivity contribution is 5.65. The summed E-state index contributed by atoms with van der Waals surface area (Å²) in [6.45, 7) is 3.95. The molecular formula is C10H18O3. The Labute approximate surface area is 79.5 Å². The van der Waals surface area contributed by atoms with Crippen molar-refractivity contribution in [2.75, 3.05) is 6.61 Å². The largest absolute Gasteiger partial charge is 0.466 e. The average molecular weight is 186 g/mol. The molecule has 0 aromatic rings. The predicted octanol–water partition coefficient (Wildman–Crippen LogP) is 1.94. The summed E-state index contributed by atoms with van der Waals surface area (Å²) in [4.78, 5) is 20.6. The lowest BCUT2D eigenvalue weighted by Gasteiger charge is -2.10. The molecule has 0 N–H and O–H groups in total. The molecule has 0 spiro atoms. The molecule has 0 aromatic heterocycles. The van der Waals surface area contributed by atoms with E-state index in [0.717, 1.165) is 25.5 Å². The summed E-state index contributed by atoms with van der Waals surface area (Å²) in [6, 6.07) is 0. The second kappa shape index (κ2) is 7.77. The van der Waals surface area contributed by atoms with E-state index in [0.29, 0.717) is 18.9 Å². The first kappa shape index (κ1) is 12.1. The zero-order chi connectivity index (χ0) is 10.1. The number of hydrogen-bond donors (Lipinski definition) is 0. The lowest BCUT2D eigenvalue weighted by molar-refractivity contribution is -0.141. The van der Waals surface area contributed by atoms with E-state index in [9.17, 15) is 9.59 Å². The van der Waals surface area contributed by atoms with Crippen LogP contribution >= 0.6 is 0 Å². The molecule has 0 aliphatic heterocycles. The third-order valence-electron chi connectivity index (χ3n) is 2.07.